The molecule has 2 nitrogen and oxygen atoms in total. The van der Waals surface area contributed by atoms with Crippen LogP contribution in [-0.4, -0.2) is 37.6 Å². The maximum absolute atomic E-state index is 3.75. The van der Waals surface area contributed by atoms with Crippen LogP contribution in [0.3, 0.4) is 0 Å². The molecule has 1 saturated carbocycles. The van der Waals surface area contributed by atoms with E-state index >= 15 is 0 Å². The van der Waals surface area contributed by atoms with E-state index in [-0.39, 0.29) is 0 Å². The first-order chi connectivity index (χ1) is 6.89. The zero-order valence-corrected chi connectivity index (χ0v) is 11.1. The average Bonchev–Trinajstić information content (AvgIpc) is 2.07. The van der Waals surface area contributed by atoms with Gasteiger partial charge in [0.15, 0.2) is 0 Å². The highest BCUT2D eigenvalue weighted by Crippen LogP contribution is 2.35. The Labute approximate surface area is 95.4 Å². The third kappa shape index (κ3) is 4.98. The van der Waals surface area contributed by atoms with Gasteiger partial charge in [-0.05, 0) is 52.1 Å². The van der Waals surface area contributed by atoms with Gasteiger partial charge in [0, 0.05) is 18.6 Å². The lowest BCUT2D eigenvalue weighted by Gasteiger charge is -2.36. The number of hydrogen-bond acceptors (Lipinski definition) is 2. The van der Waals surface area contributed by atoms with Crippen molar-refractivity contribution in [3.63, 3.8) is 0 Å². The van der Waals surface area contributed by atoms with Crippen molar-refractivity contribution in [3.8, 4) is 0 Å². The molecular formula is C13H28N2. The number of hydrogen-bond donors (Lipinski definition) is 1. The topological polar surface area (TPSA) is 15.3 Å². The van der Waals surface area contributed by atoms with Gasteiger partial charge in [-0.1, -0.05) is 13.8 Å². The third-order valence-corrected chi connectivity index (χ3v) is 3.50. The number of nitrogens with zero attached hydrogens (tertiary/aromatic N) is 1. The van der Waals surface area contributed by atoms with E-state index in [0.717, 1.165) is 12.6 Å². The molecule has 90 valence electrons. The third-order valence-electron chi connectivity index (χ3n) is 3.50. The van der Waals surface area contributed by atoms with Crippen molar-refractivity contribution in [1.29, 1.82) is 0 Å². The van der Waals surface area contributed by atoms with E-state index in [0.29, 0.717) is 11.5 Å². The van der Waals surface area contributed by atoms with Crippen LogP contribution in [0.5, 0.6) is 0 Å². The minimum absolute atomic E-state index is 0.586. The van der Waals surface area contributed by atoms with Crippen molar-refractivity contribution in [2.24, 2.45) is 5.41 Å². The van der Waals surface area contributed by atoms with Gasteiger partial charge in [-0.15, -0.1) is 0 Å². The van der Waals surface area contributed by atoms with Gasteiger partial charge >= 0.3 is 0 Å². The Morgan fingerprint density at radius 2 is 1.80 bits per heavy atom. The predicted octanol–water partition coefficient (Wildman–Crippen LogP) is 2.49. The Morgan fingerprint density at radius 3 is 2.27 bits per heavy atom. The molecule has 0 aromatic carbocycles. The van der Waals surface area contributed by atoms with Crippen molar-refractivity contribution >= 4 is 0 Å². The lowest BCUT2D eigenvalue weighted by molar-refractivity contribution is 0.193. The van der Waals surface area contributed by atoms with Crippen LogP contribution in [0.1, 0.15) is 46.5 Å². The fraction of sp³-hybridized carbons (Fsp3) is 1.00. The van der Waals surface area contributed by atoms with Gasteiger partial charge in [-0.3, -0.25) is 0 Å². The lowest BCUT2D eigenvalue weighted by Crippen LogP contribution is -2.44. The normalized spacial score (nSPS) is 24.4. The summed E-state index contributed by atoms with van der Waals surface area (Å²) in [5, 5.41) is 3.75. The maximum Gasteiger partial charge on any atom is 0.0169 e. The van der Waals surface area contributed by atoms with Gasteiger partial charge in [-0.25, -0.2) is 0 Å². The van der Waals surface area contributed by atoms with Gasteiger partial charge in [0.1, 0.15) is 0 Å². The molecule has 1 fully saturated rings. The summed E-state index contributed by atoms with van der Waals surface area (Å²) in [5.74, 6) is 0. The monoisotopic (exact) mass is 212 g/mol. The van der Waals surface area contributed by atoms with Gasteiger partial charge in [0.2, 0.25) is 0 Å². The first kappa shape index (κ1) is 13.0. The highest BCUT2D eigenvalue weighted by atomic mass is 15.1. The lowest BCUT2D eigenvalue weighted by atomic mass is 9.75. The highest BCUT2D eigenvalue weighted by Gasteiger charge is 2.27. The molecule has 0 bridgehead atoms. The molecule has 1 unspecified atom stereocenters. The quantitative estimate of drug-likeness (QED) is 0.770. The number of rotatable bonds is 4. The standard InChI is InChI=1S/C13H28N2/c1-11(10-15(4)5)14-12-6-8-13(2,3)9-7-12/h11-12,14H,6-10H2,1-5H3. The Morgan fingerprint density at radius 1 is 1.27 bits per heavy atom. The first-order valence-corrected chi connectivity index (χ1v) is 6.30. The van der Waals surface area contributed by atoms with E-state index in [4.69, 9.17) is 0 Å². The van der Waals surface area contributed by atoms with Gasteiger partial charge in [0.05, 0.1) is 0 Å². The number of nitrogens with one attached hydrogen (secondary N) is 1. The molecule has 1 aliphatic carbocycles. The van der Waals surface area contributed by atoms with Crippen molar-refractivity contribution in [2.75, 3.05) is 20.6 Å². The van der Waals surface area contributed by atoms with Crippen LogP contribution in [0.2, 0.25) is 0 Å². The smallest absolute Gasteiger partial charge is 0.0169 e. The predicted molar refractivity (Wildman–Crippen MR) is 67.2 cm³/mol. The van der Waals surface area contributed by atoms with Crippen LogP contribution in [0, 0.1) is 5.41 Å². The van der Waals surface area contributed by atoms with Crippen LogP contribution >= 0.6 is 0 Å². The van der Waals surface area contributed by atoms with Crippen LogP contribution in [0.4, 0.5) is 0 Å². The maximum atomic E-state index is 3.75. The molecule has 0 radical (unpaired) electrons. The molecular weight excluding hydrogens is 184 g/mol. The van der Waals surface area contributed by atoms with E-state index in [1.807, 2.05) is 0 Å². The van der Waals surface area contributed by atoms with E-state index in [1.54, 1.807) is 0 Å². The van der Waals surface area contributed by atoms with E-state index in [9.17, 15) is 0 Å². The molecule has 0 aromatic heterocycles. The molecule has 1 atom stereocenters. The Balaban J connectivity index is 2.23. The average molecular weight is 212 g/mol. The second-order valence-electron chi connectivity index (χ2n) is 6.27. The zero-order chi connectivity index (χ0) is 11.5. The molecule has 0 saturated heterocycles. The Kier molecular flexibility index (Phi) is 4.60. The summed E-state index contributed by atoms with van der Waals surface area (Å²) in [5.41, 5.74) is 0.586. The van der Waals surface area contributed by atoms with E-state index in [2.05, 4.69) is 45.1 Å². The second-order valence-corrected chi connectivity index (χ2v) is 6.27. The van der Waals surface area contributed by atoms with Gasteiger partial charge < -0.3 is 10.2 Å². The summed E-state index contributed by atoms with van der Waals surface area (Å²) in [4.78, 5) is 2.25. The molecule has 1 aliphatic rings. The summed E-state index contributed by atoms with van der Waals surface area (Å²) in [6.45, 7) is 8.22. The summed E-state index contributed by atoms with van der Waals surface area (Å²) >= 11 is 0. The summed E-state index contributed by atoms with van der Waals surface area (Å²) < 4.78 is 0. The Hall–Kier alpha value is -0.0800. The van der Waals surface area contributed by atoms with Crippen LogP contribution in [-0.2, 0) is 0 Å². The molecule has 0 aromatic rings. The van der Waals surface area contributed by atoms with Crippen molar-refractivity contribution in [2.45, 2.75) is 58.5 Å². The van der Waals surface area contributed by atoms with E-state index < -0.39 is 0 Å². The highest BCUT2D eigenvalue weighted by molar-refractivity contribution is 4.83. The van der Waals surface area contributed by atoms with Crippen molar-refractivity contribution in [1.82, 2.24) is 10.2 Å². The van der Waals surface area contributed by atoms with Crippen molar-refractivity contribution in [3.05, 3.63) is 0 Å². The summed E-state index contributed by atoms with van der Waals surface area (Å²) in [6, 6.07) is 1.37. The minimum Gasteiger partial charge on any atom is -0.310 e. The molecule has 1 rings (SSSR count). The van der Waals surface area contributed by atoms with Crippen LogP contribution in [0.15, 0.2) is 0 Å². The molecule has 2 heteroatoms. The fourth-order valence-electron chi connectivity index (χ4n) is 2.57. The molecule has 0 heterocycles. The molecule has 15 heavy (non-hydrogen) atoms. The minimum atomic E-state index is 0.586. The summed E-state index contributed by atoms with van der Waals surface area (Å²) in [6.07, 6.45) is 5.45. The summed E-state index contributed by atoms with van der Waals surface area (Å²) in [7, 11) is 4.28. The largest absolute Gasteiger partial charge is 0.310 e. The fourth-order valence-corrected chi connectivity index (χ4v) is 2.57. The Bertz CT molecular complexity index is 177. The van der Waals surface area contributed by atoms with E-state index in [1.165, 1.54) is 25.7 Å². The van der Waals surface area contributed by atoms with Crippen molar-refractivity contribution < 1.29 is 0 Å². The van der Waals surface area contributed by atoms with Crippen LogP contribution < -0.4 is 5.32 Å². The second kappa shape index (κ2) is 5.31. The molecule has 0 amide bonds. The van der Waals surface area contributed by atoms with Gasteiger partial charge in [-0.2, -0.15) is 0 Å². The van der Waals surface area contributed by atoms with Gasteiger partial charge in [0.25, 0.3) is 0 Å². The SMILES string of the molecule is CC(CN(C)C)NC1CCC(C)(C)CC1. The molecule has 0 aliphatic heterocycles. The molecule has 1 N–H and O–H groups in total. The number of likely N-dealkylation sites (N-methyl/N-ethyl adjacent to an activating group) is 1. The first-order valence-electron chi connectivity index (χ1n) is 6.30. The molecule has 0 spiro atoms. The van der Waals surface area contributed by atoms with Crippen LogP contribution in [0.25, 0.3) is 0 Å². The zero-order valence-electron chi connectivity index (χ0n) is 11.1.